The molecule has 1 amide bonds. The molecule has 1 saturated carbocycles. The summed E-state index contributed by atoms with van der Waals surface area (Å²) in [4.78, 5) is 24.4. The lowest BCUT2D eigenvalue weighted by Crippen LogP contribution is -2.53. The highest BCUT2D eigenvalue weighted by Crippen LogP contribution is 2.33. The monoisotopic (exact) mass is 227 g/mol. The second kappa shape index (κ2) is 4.41. The Morgan fingerprint density at radius 3 is 2.31 bits per heavy atom. The van der Waals surface area contributed by atoms with E-state index in [4.69, 9.17) is 10.2 Å². The van der Waals surface area contributed by atoms with Gasteiger partial charge < -0.3 is 15.1 Å². The number of likely N-dealkylation sites (tertiary alicyclic amines) is 1. The summed E-state index contributed by atoms with van der Waals surface area (Å²) in [6.45, 7) is 1.39. The number of rotatable bonds is 3. The first-order valence-corrected chi connectivity index (χ1v) is 5.74. The lowest BCUT2D eigenvalue weighted by Gasteiger charge is -2.39. The Kier molecular flexibility index (Phi) is 3.14. The van der Waals surface area contributed by atoms with Crippen LogP contribution in [0.25, 0.3) is 0 Å². The van der Waals surface area contributed by atoms with E-state index >= 15 is 0 Å². The van der Waals surface area contributed by atoms with Gasteiger partial charge in [-0.3, -0.25) is 9.59 Å². The molecule has 0 radical (unpaired) electrons. The van der Waals surface area contributed by atoms with E-state index in [1.165, 1.54) is 0 Å². The second-order valence-electron chi connectivity index (χ2n) is 4.84. The van der Waals surface area contributed by atoms with Crippen molar-refractivity contribution in [2.24, 2.45) is 17.8 Å². The van der Waals surface area contributed by atoms with E-state index in [-0.39, 0.29) is 30.3 Å². The Morgan fingerprint density at radius 1 is 1.19 bits per heavy atom. The molecule has 2 fully saturated rings. The number of aliphatic hydroxyl groups is 1. The first-order valence-electron chi connectivity index (χ1n) is 5.74. The van der Waals surface area contributed by atoms with Crippen molar-refractivity contribution in [3.05, 3.63) is 0 Å². The van der Waals surface area contributed by atoms with Gasteiger partial charge in [0.25, 0.3) is 0 Å². The third-order valence-electron chi connectivity index (χ3n) is 3.66. The van der Waals surface area contributed by atoms with E-state index in [0.29, 0.717) is 32.4 Å². The first kappa shape index (κ1) is 11.4. The second-order valence-corrected chi connectivity index (χ2v) is 4.84. The van der Waals surface area contributed by atoms with Crippen molar-refractivity contribution in [3.63, 3.8) is 0 Å². The summed E-state index contributed by atoms with van der Waals surface area (Å²) in [6, 6.07) is 0. The Labute approximate surface area is 94.0 Å². The van der Waals surface area contributed by atoms with Crippen LogP contribution < -0.4 is 0 Å². The molecular formula is C11H17NO4. The van der Waals surface area contributed by atoms with E-state index in [2.05, 4.69) is 0 Å². The first-order chi connectivity index (χ1) is 7.61. The number of nitrogens with zero attached hydrogens (tertiary/aromatic N) is 1. The van der Waals surface area contributed by atoms with E-state index in [9.17, 15) is 9.59 Å². The molecule has 5 heteroatoms. The number of aliphatic hydroxyl groups excluding tert-OH is 1. The van der Waals surface area contributed by atoms with Gasteiger partial charge >= 0.3 is 5.97 Å². The number of aliphatic carboxylic acids is 1. The number of carboxylic acid groups (broad SMARTS) is 1. The molecule has 16 heavy (non-hydrogen) atoms. The standard InChI is InChI=1S/C11H17NO4/c13-6-7-4-12(5-7)10(14)8-1-2-9(3-8)11(15)16/h7-9,13H,1-6H2,(H,15,16). The van der Waals surface area contributed by atoms with Crippen LogP contribution in [0.2, 0.25) is 0 Å². The predicted molar refractivity (Wildman–Crippen MR) is 55.6 cm³/mol. The smallest absolute Gasteiger partial charge is 0.306 e. The Morgan fingerprint density at radius 2 is 1.81 bits per heavy atom. The van der Waals surface area contributed by atoms with E-state index in [1.54, 1.807) is 4.90 Å². The molecule has 1 heterocycles. The molecule has 2 unspecified atom stereocenters. The molecule has 1 saturated heterocycles. The minimum absolute atomic E-state index is 0.0773. The molecule has 0 spiro atoms. The average Bonchev–Trinajstić information content (AvgIpc) is 2.64. The lowest BCUT2D eigenvalue weighted by molar-refractivity contribution is -0.143. The molecule has 0 aromatic heterocycles. The van der Waals surface area contributed by atoms with Gasteiger partial charge in [0.1, 0.15) is 0 Å². The van der Waals surface area contributed by atoms with E-state index in [0.717, 1.165) is 0 Å². The summed E-state index contributed by atoms with van der Waals surface area (Å²) >= 11 is 0. The van der Waals surface area contributed by atoms with Crippen LogP contribution in [0.1, 0.15) is 19.3 Å². The van der Waals surface area contributed by atoms with Crippen LogP contribution in [0.3, 0.4) is 0 Å². The van der Waals surface area contributed by atoms with Crippen molar-refractivity contribution in [1.29, 1.82) is 0 Å². The Balaban J connectivity index is 1.81. The number of carboxylic acids is 1. The van der Waals surface area contributed by atoms with Gasteiger partial charge in [-0.25, -0.2) is 0 Å². The molecule has 0 bridgehead atoms. The van der Waals surface area contributed by atoms with Crippen LogP contribution in [0.4, 0.5) is 0 Å². The van der Waals surface area contributed by atoms with Gasteiger partial charge in [0, 0.05) is 31.5 Å². The van der Waals surface area contributed by atoms with Crippen LogP contribution in [-0.4, -0.2) is 46.7 Å². The molecule has 0 aromatic rings. The molecule has 1 aliphatic heterocycles. The lowest BCUT2D eigenvalue weighted by atomic mass is 9.96. The highest BCUT2D eigenvalue weighted by molar-refractivity contribution is 5.81. The average molecular weight is 227 g/mol. The molecule has 5 nitrogen and oxygen atoms in total. The van der Waals surface area contributed by atoms with Gasteiger partial charge in [-0.05, 0) is 19.3 Å². The summed E-state index contributed by atoms with van der Waals surface area (Å²) in [6.07, 6.45) is 1.79. The zero-order valence-electron chi connectivity index (χ0n) is 9.13. The molecule has 2 N–H and O–H groups in total. The van der Waals surface area contributed by atoms with Crippen molar-refractivity contribution >= 4 is 11.9 Å². The molecule has 2 rings (SSSR count). The van der Waals surface area contributed by atoms with Gasteiger partial charge in [-0.2, -0.15) is 0 Å². The summed E-state index contributed by atoms with van der Waals surface area (Å²) in [5.41, 5.74) is 0. The predicted octanol–water partition coefficient (Wildman–Crippen LogP) is -0.0620. The van der Waals surface area contributed by atoms with Crippen molar-refractivity contribution in [2.45, 2.75) is 19.3 Å². The highest BCUT2D eigenvalue weighted by Gasteiger charge is 2.39. The fraction of sp³-hybridized carbons (Fsp3) is 0.818. The number of amides is 1. The molecule has 2 aliphatic rings. The number of carbonyl (C=O) groups excluding carboxylic acids is 1. The number of hydrogen-bond acceptors (Lipinski definition) is 3. The maximum atomic E-state index is 11.9. The summed E-state index contributed by atoms with van der Waals surface area (Å²) in [5.74, 6) is -0.939. The largest absolute Gasteiger partial charge is 0.481 e. The summed E-state index contributed by atoms with van der Waals surface area (Å²) in [5, 5.41) is 17.7. The van der Waals surface area contributed by atoms with Gasteiger partial charge in [0.2, 0.25) is 5.91 Å². The maximum absolute atomic E-state index is 11.9. The van der Waals surface area contributed by atoms with Gasteiger partial charge in [0.15, 0.2) is 0 Å². The van der Waals surface area contributed by atoms with Gasteiger partial charge in [-0.1, -0.05) is 0 Å². The van der Waals surface area contributed by atoms with Crippen LogP contribution in [0.5, 0.6) is 0 Å². The quantitative estimate of drug-likeness (QED) is 0.708. The minimum atomic E-state index is -0.785. The topological polar surface area (TPSA) is 77.8 Å². The van der Waals surface area contributed by atoms with Crippen molar-refractivity contribution in [3.8, 4) is 0 Å². The SMILES string of the molecule is O=C(O)C1CCC(C(=O)N2CC(CO)C2)C1. The molecule has 0 aromatic carbocycles. The van der Waals surface area contributed by atoms with E-state index < -0.39 is 5.97 Å². The van der Waals surface area contributed by atoms with Crippen LogP contribution in [-0.2, 0) is 9.59 Å². The third-order valence-corrected chi connectivity index (χ3v) is 3.66. The van der Waals surface area contributed by atoms with Gasteiger partial charge in [-0.15, -0.1) is 0 Å². The molecular weight excluding hydrogens is 210 g/mol. The van der Waals surface area contributed by atoms with Crippen molar-refractivity contribution in [1.82, 2.24) is 4.90 Å². The molecule has 2 atom stereocenters. The molecule has 90 valence electrons. The number of carbonyl (C=O) groups is 2. The zero-order valence-corrected chi connectivity index (χ0v) is 9.13. The fourth-order valence-electron chi connectivity index (χ4n) is 2.55. The highest BCUT2D eigenvalue weighted by atomic mass is 16.4. The zero-order chi connectivity index (χ0) is 11.7. The Bertz CT molecular complexity index is 298. The third kappa shape index (κ3) is 2.04. The maximum Gasteiger partial charge on any atom is 0.306 e. The minimum Gasteiger partial charge on any atom is -0.481 e. The fourth-order valence-corrected chi connectivity index (χ4v) is 2.55. The van der Waals surface area contributed by atoms with Crippen LogP contribution in [0, 0.1) is 17.8 Å². The van der Waals surface area contributed by atoms with Crippen LogP contribution >= 0.6 is 0 Å². The van der Waals surface area contributed by atoms with Gasteiger partial charge in [0.05, 0.1) is 5.92 Å². The van der Waals surface area contributed by atoms with Crippen LogP contribution in [0.15, 0.2) is 0 Å². The van der Waals surface area contributed by atoms with E-state index in [1.807, 2.05) is 0 Å². The summed E-state index contributed by atoms with van der Waals surface area (Å²) in [7, 11) is 0. The summed E-state index contributed by atoms with van der Waals surface area (Å²) < 4.78 is 0. The molecule has 1 aliphatic carbocycles. The normalized spacial score (nSPS) is 30.2. The Hall–Kier alpha value is -1.10. The van der Waals surface area contributed by atoms with Crippen molar-refractivity contribution < 1.29 is 19.8 Å². The van der Waals surface area contributed by atoms with Crippen molar-refractivity contribution in [2.75, 3.05) is 19.7 Å². The number of hydrogen-bond donors (Lipinski definition) is 2.